The highest BCUT2D eigenvalue weighted by Crippen LogP contribution is 2.18. The number of amides is 1. The van der Waals surface area contributed by atoms with Gasteiger partial charge in [-0.3, -0.25) is 4.79 Å². The minimum atomic E-state index is -0.168. The van der Waals surface area contributed by atoms with Gasteiger partial charge in [0.15, 0.2) is 0 Å². The number of aliphatic hydroxyl groups excluding tert-OH is 1. The second kappa shape index (κ2) is 5.80. The van der Waals surface area contributed by atoms with Gasteiger partial charge < -0.3 is 21.1 Å². The summed E-state index contributed by atoms with van der Waals surface area (Å²) in [6.07, 6.45) is 3.22. The van der Waals surface area contributed by atoms with E-state index in [1.807, 2.05) is 0 Å². The van der Waals surface area contributed by atoms with Crippen LogP contribution < -0.4 is 16.0 Å². The van der Waals surface area contributed by atoms with E-state index in [2.05, 4.69) is 22.9 Å². The lowest BCUT2D eigenvalue weighted by Gasteiger charge is -2.31. The number of piperazine rings is 1. The number of hydrogen-bond acceptors (Lipinski definition) is 4. The molecule has 1 saturated carbocycles. The maximum Gasteiger partial charge on any atom is 0.238 e. The Morgan fingerprint density at radius 2 is 1.88 bits per heavy atom. The summed E-state index contributed by atoms with van der Waals surface area (Å²) in [6.45, 7) is 3.63. The summed E-state index contributed by atoms with van der Waals surface area (Å²) in [5, 5.41) is 19.0. The Bertz CT molecular complexity index is 256. The average molecular weight is 241 g/mol. The van der Waals surface area contributed by atoms with Crippen molar-refractivity contribution < 1.29 is 9.90 Å². The van der Waals surface area contributed by atoms with Gasteiger partial charge >= 0.3 is 0 Å². The Balaban J connectivity index is 1.73. The minimum absolute atomic E-state index is 0.0887. The van der Waals surface area contributed by atoms with Crippen molar-refractivity contribution in [1.82, 2.24) is 16.0 Å². The maximum absolute atomic E-state index is 12.0. The van der Waals surface area contributed by atoms with Crippen LogP contribution >= 0.6 is 0 Å². The highest BCUT2D eigenvalue weighted by molar-refractivity contribution is 5.82. The van der Waals surface area contributed by atoms with E-state index in [1.54, 1.807) is 0 Å². The van der Waals surface area contributed by atoms with E-state index < -0.39 is 0 Å². The number of carbonyl (C=O) groups is 1. The molecule has 0 bridgehead atoms. The molecule has 17 heavy (non-hydrogen) atoms. The fourth-order valence-corrected chi connectivity index (χ4v) is 2.49. The first-order valence-corrected chi connectivity index (χ1v) is 6.60. The van der Waals surface area contributed by atoms with Crippen LogP contribution in [-0.4, -0.2) is 48.3 Å². The van der Waals surface area contributed by atoms with E-state index in [4.69, 9.17) is 0 Å². The summed E-state index contributed by atoms with van der Waals surface area (Å²) in [7, 11) is 0. The van der Waals surface area contributed by atoms with E-state index in [0.717, 1.165) is 32.2 Å². The molecule has 0 aromatic heterocycles. The number of carbonyl (C=O) groups excluding carboxylic acids is 1. The Hall–Kier alpha value is -0.650. The lowest BCUT2D eigenvalue weighted by molar-refractivity contribution is -0.124. The molecule has 1 heterocycles. The molecule has 2 unspecified atom stereocenters. The van der Waals surface area contributed by atoms with Crippen molar-refractivity contribution in [2.24, 2.45) is 0 Å². The zero-order valence-electron chi connectivity index (χ0n) is 10.4. The quantitative estimate of drug-likeness (QED) is 0.519. The lowest BCUT2D eigenvalue weighted by Crippen LogP contribution is -2.60. The first-order chi connectivity index (χ1) is 8.15. The monoisotopic (exact) mass is 241 g/mol. The summed E-state index contributed by atoms with van der Waals surface area (Å²) in [5.41, 5.74) is 0. The minimum Gasteiger partial charge on any atom is -0.393 e. The second-order valence-electron chi connectivity index (χ2n) is 5.28. The third kappa shape index (κ3) is 3.66. The highest BCUT2D eigenvalue weighted by atomic mass is 16.3. The summed E-state index contributed by atoms with van der Waals surface area (Å²) < 4.78 is 0. The van der Waals surface area contributed by atoms with Gasteiger partial charge in [0, 0.05) is 25.2 Å². The van der Waals surface area contributed by atoms with Gasteiger partial charge in [-0.25, -0.2) is 0 Å². The van der Waals surface area contributed by atoms with Gasteiger partial charge in [-0.1, -0.05) is 0 Å². The van der Waals surface area contributed by atoms with Crippen LogP contribution in [0.4, 0.5) is 0 Å². The molecule has 5 nitrogen and oxygen atoms in total. The van der Waals surface area contributed by atoms with E-state index in [-0.39, 0.29) is 24.1 Å². The smallest absolute Gasteiger partial charge is 0.238 e. The summed E-state index contributed by atoms with van der Waals surface area (Å²) in [5.74, 6) is 0.0887. The Morgan fingerprint density at radius 3 is 2.47 bits per heavy atom. The zero-order valence-corrected chi connectivity index (χ0v) is 10.4. The van der Waals surface area contributed by atoms with Crippen molar-refractivity contribution in [2.45, 2.75) is 56.8 Å². The SMILES string of the molecule is CC1CNC(C(=O)NC2CCC(O)CC2)CN1. The topological polar surface area (TPSA) is 73.4 Å². The second-order valence-corrected chi connectivity index (χ2v) is 5.28. The van der Waals surface area contributed by atoms with Crippen molar-refractivity contribution in [1.29, 1.82) is 0 Å². The van der Waals surface area contributed by atoms with Crippen molar-refractivity contribution in [3.63, 3.8) is 0 Å². The zero-order chi connectivity index (χ0) is 12.3. The van der Waals surface area contributed by atoms with Crippen LogP contribution in [0.5, 0.6) is 0 Å². The van der Waals surface area contributed by atoms with Gasteiger partial charge in [0.25, 0.3) is 0 Å². The summed E-state index contributed by atoms with van der Waals surface area (Å²) >= 11 is 0. The molecule has 1 amide bonds. The molecule has 2 rings (SSSR count). The summed E-state index contributed by atoms with van der Waals surface area (Å²) in [4.78, 5) is 12.0. The van der Waals surface area contributed by atoms with E-state index >= 15 is 0 Å². The molecule has 0 aromatic rings. The predicted octanol–water partition coefficient (Wildman–Crippen LogP) is -0.644. The molecular formula is C12H23N3O2. The molecule has 5 heteroatoms. The van der Waals surface area contributed by atoms with E-state index in [9.17, 15) is 9.90 Å². The molecule has 1 aliphatic heterocycles. The summed E-state index contributed by atoms with van der Waals surface area (Å²) in [6, 6.07) is 0.564. The predicted molar refractivity (Wildman–Crippen MR) is 65.7 cm³/mol. The van der Waals surface area contributed by atoms with E-state index in [1.165, 1.54) is 0 Å². The van der Waals surface area contributed by atoms with Crippen molar-refractivity contribution in [3.8, 4) is 0 Å². The van der Waals surface area contributed by atoms with Crippen molar-refractivity contribution in [2.75, 3.05) is 13.1 Å². The molecular weight excluding hydrogens is 218 g/mol. The van der Waals surface area contributed by atoms with E-state index in [0.29, 0.717) is 12.6 Å². The van der Waals surface area contributed by atoms with Crippen LogP contribution in [0, 0.1) is 0 Å². The van der Waals surface area contributed by atoms with Crippen LogP contribution in [-0.2, 0) is 4.79 Å². The normalized spacial score (nSPS) is 38.7. The van der Waals surface area contributed by atoms with Crippen molar-refractivity contribution >= 4 is 5.91 Å². The van der Waals surface area contributed by atoms with Gasteiger partial charge in [-0.05, 0) is 32.6 Å². The molecule has 2 fully saturated rings. The van der Waals surface area contributed by atoms with Gasteiger partial charge in [0.1, 0.15) is 0 Å². The number of hydrogen-bond donors (Lipinski definition) is 4. The molecule has 1 aliphatic carbocycles. The molecule has 0 aromatic carbocycles. The van der Waals surface area contributed by atoms with Gasteiger partial charge in [0.2, 0.25) is 5.91 Å². The maximum atomic E-state index is 12.0. The first kappa shape index (κ1) is 12.8. The Morgan fingerprint density at radius 1 is 1.18 bits per heavy atom. The third-order valence-electron chi connectivity index (χ3n) is 3.70. The van der Waals surface area contributed by atoms with Crippen LogP contribution in [0.1, 0.15) is 32.6 Å². The number of aliphatic hydroxyl groups is 1. The standard InChI is InChI=1S/C12H23N3O2/c1-8-6-14-11(7-13-8)12(17)15-9-2-4-10(16)5-3-9/h8-11,13-14,16H,2-7H2,1H3,(H,15,17). The Kier molecular flexibility index (Phi) is 4.36. The molecule has 0 radical (unpaired) electrons. The van der Waals surface area contributed by atoms with Crippen LogP contribution in [0.15, 0.2) is 0 Å². The van der Waals surface area contributed by atoms with Crippen LogP contribution in [0.3, 0.4) is 0 Å². The number of rotatable bonds is 2. The highest BCUT2D eigenvalue weighted by Gasteiger charge is 2.26. The third-order valence-corrected chi connectivity index (χ3v) is 3.70. The fraction of sp³-hybridized carbons (Fsp3) is 0.917. The molecule has 98 valence electrons. The first-order valence-electron chi connectivity index (χ1n) is 6.60. The van der Waals surface area contributed by atoms with Gasteiger partial charge in [-0.15, -0.1) is 0 Å². The molecule has 2 aliphatic rings. The van der Waals surface area contributed by atoms with Crippen molar-refractivity contribution in [3.05, 3.63) is 0 Å². The molecule has 4 N–H and O–H groups in total. The molecule has 2 atom stereocenters. The van der Waals surface area contributed by atoms with Crippen LogP contribution in [0.25, 0.3) is 0 Å². The molecule has 1 saturated heterocycles. The molecule has 0 spiro atoms. The Labute approximate surface area is 102 Å². The lowest BCUT2D eigenvalue weighted by atomic mass is 9.93. The van der Waals surface area contributed by atoms with Crippen LogP contribution in [0.2, 0.25) is 0 Å². The van der Waals surface area contributed by atoms with Gasteiger partial charge in [0.05, 0.1) is 12.1 Å². The fourth-order valence-electron chi connectivity index (χ4n) is 2.49. The van der Waals surface area contributed by atoms with Gasteiger partial charge in [-0.2, -0.15) is 0 Å². The number of nitrogens with one attached hydrogen (secondary N) is 3. The average Bonchev–Trinajstić information content (AvgIpc) is 2.33. The largest absolute Gasteiger partial charge is 0.393 e.